The highest BCUT2D eigenvalue weighted by molar-refractivity contribution is 7.89. The maximum atomic E-state index is 12.5. The normalized spacial score (nSPS) is 12.6. The average molecular weight is 440 g/mol. The van der Waals surface area contributed by atoms with E-state index in [1.54, 1.807) is 31.2 Å². The lowest BCUT2D eigenvalue weighted by Crippen LogP contribution is -2.26. The fourth-order valence-electron chi connectivity index (χ4n) is 3.31. The van der Waals surface area contributed by atoms with Crippen LogP contribution in [0.15, 0.2) is 47.4 Å². The standard InChI is InChI=1S/C21H23F3N2O3S/c1-13(2)15-4-7-17(8-5-15)30(27,28)25-11-10-18-14(3)26-20-9-6-16(12-19(18)20)29-21(22,23)24/h4-9,12-13,25-26H,10-11H2,1-3H3. The smallest absolute Gasteiger partial charge is 0.406 e. The van der Waals surface area contributed by atoms with Crippen LogP contribution in [0.25, 0.3) is 10.9 Å². The van der Waals surface area contributed by atoms with Crippen molar-refractivity contribution in [1.29, 1.82) is 0 Å². The summed E-state index contributed by atoms with van der Waals surface area (Å²) in [6.45, 7) is 5.94. The van der Waals surface area contributed by atoms with Crippen molar-refractivity contribution < 1.29 is 26.3 Å². The van der Waals surface area contributed by atoms with E-state index in [-0.39, 0.29) is 17.2 Å². The number of rotatable bonds is 7. The molecule has 162 valence electrons. The maximum absolute atomic E-state index is 12.5. The highest BCUT2D eigenvalue weighted by Crippen LogP contribution is 2.30. The molecular formula is C21H23F3N2O3S. The van der Waals surface area contributed by atoms with Gasteiger partial charge in [0, 0.05) is 23.1 Å². The Morgan fingerprint density at radius 1 is 1.10 bits per heavy atom. The van der Waals surface area contributed by atoms with Gasteiger partial charge >= 0.3 is 6.36 Å². The molecule has 9 heteroatoms. The molecule has 3 aromatic rings. The number of alkyl halides is 3. The number of ether oxygens (including phenoxy) is 1. The van der Waals surface area contributed by atoms with E-state index in [2.05, 4.69) is 14.4 Å². The van der Waals surface area contributed by atoms with Crippen LogP contribution in [0, 0.1) is 6.92 Å². The lowest BCUT2D eigenvalue weighted by atomic mass is 10.0. The van der Waals surface area contributed by atoms with Crippen LogP contribution in [0.5, 0.6) is 5.75 Å². The molecule has 3 rings (SSSR count). The van der Waals surface area contributed by atoms with Gasteiger partial charge in [-0.15, -0.1) is 13.2 Å². The number of sulfonamides is 1. The minimum Gasteiger partial charge on any atom is -0.406 e. The van der Waals surface area contributed by atoms with E-state index in [0.29, 0.717) is 23.2 Å². The summed E-state index contributed by atoms with van der Waals surface area (Å²) in [6, 6.07) is 10.7. The van der Waals surface area contributed by atoms with Crippen LogP contribution in [0.2, 0.25) is 0 Å². The molecule has 1 aromatic heterocycles. The van der Waals surface area contributed by atoms with Crippen molar-refractivity contribution in [3.63, 3.8) is 0 Å². The summed E-state index contributed by atoms with van der Waals surface area (Å²) in [4.78, 5) is 3.27. The zero-order valence-corrected chi connectivity index (χ0v) is 17.6. The molecule has 0 radical (unpaired) electrons. The minimum absolute atomic E-state index is 0.104. The van der Waals surface area contributed by atoms with Crippen molar-refractivity contribution in [2.75, 3.05) is 6.54 Å². The van der Waals surface area contributed by atoms with E-state index < -0.39 is 16.4 Å². The number of H-pyrrole nitrogens is 1. The van der Waals surface area contributed by atoms with Crippen LogP contribution in [0.4, 0.5) is 13.2 Å². The summed E-state index contributed by atoms with van der Waals surface area (Å²) in [6.07, 6.45) is -4.47. The Kier molecular flexibility index (Phi) is 6.14. The molecule has 1 heterocycles. The van der Waals surface area contributed by atoms with Crippen LogP contribution >= 0.6 is 0 Å². The molecule has 0 spiro atoms. The first kappa shape index (κ1) is 22.2. The fraction of sp³-hybridized carbons (Fsp3) is 0.333. The molecule has 0 saturated heterocycles. The molecule has 5 nitrogen and oxygen atoms in total. The Labute approximate surface area is 173 Å². The minimum atomic E-state index is -4.78. The second kappa shape index (κ2) is 8.31. The highest BCUT2D eigenvalue weighted by Gasteiger charge is 2.31. The van der Waals surface area contributed by atoms with E-state index in [9.17, 15) is 21.6 Å². The van der Waals surface area contributed by atoms with Crippen LogP contribution in [-0.2, 0) is 16.4 Å². The second-order valence-corrected chi connectivity index (χ2v) is 9.12. The number of hydrogen-bond donors (Lipinski definition) is 2. The first-order valence-electron chi connectivity index (χ1n) is 9.43. The van der Waals surface area contributed by atoms with E-state index in [4.69, 9.17) is 0 Å². The van der Waals surface area contributed by atoms with Gasteiger partial charge in [0.05, 0.1) is 4.90 Å². The molecule has 0 atom stereocenters. The number of fused-ring (bicyclic) bond motifs is 1. The number of nitrogens with one attached hydrogen (secondary N) is 2. The summed E-state index contributed by atoms with van der Waals surface area (Å²) in [5.41, 5.74) is 3.19. The zero-order valence-electron chi connectivity index (χ0n) is 16.8. The van der Waals surface area contributed by atoms with Crippen molar-refractivity contribution in [2.45, 2.75) is 44.4 Å². The van der Waals surface area contributed by atoms with Crippen molar-refractivity contribution in [3.8, 4) is 5.75 Å². The van der Waals surface area contributed by atoms with Gasteiger partial charge in [0.25, 0.3) is 0 Å². The molecule has 0 unspecified atom stereocenters. The van der Waals surface area contributed by atoms with Crippen molar-refractivity contribution in [1.82, 2.24) is 9.71 Å². The zero-order chi connectivity index (χ0) is 22.1. The van der Waals surface area contributed by atoms with Crippen molar-refractivity contribution >= 4 is 20.9 Å². The second-order valence-electron chi connectivity index (χ2n) is 7.36. The van der Waals surface area contributed by atoms with E-state index in [1.807, 2.05) is 13.8 Å². The number of aromatic nitrogens is 1. The predicted molar refractivity (Wildman–Crippen MR) is 109 cm³/mol. The predicted octanol–water partition coefficient (Wildman–Crippen LogP) is 5.02. The van der Waals surface area contributed by atoms with Crippen LogP contribution in [0.3, 0.4) is 0 Å². The molecule has 0 aliphatic heterocycles. The topological polar surface area (TPSA) is 71.2 Å². The number of benzene rings is 2. The Hall–Kier alpha value is -2.52. The number of halogens is 3. The largest absolute Gasteiger partial charge is 0.573 e. The first-order chi connectivity index (χ1) is 14.0. The first-order valence-corrected chi connectivity index (χ1v) is 10.9. The number of aromatic amines is 1. The highest BCUT2D eigenvalue weighted by atomic mass is 32.2. The van der Waals surface area contributed by atoms with Gasteiger partial charge in [-0.25, -0.2) is 13.1 Å². The molecule has 0 aliphatic carbocycles. The van der Waals surface area contributed by atoms with E-state index >= 15 is 0 Å². The summed E-state index contributed by atoms with van der Waals surface area (Å²) in [7, 11) is -3.69. The van der Waals surface area contributed by atoms with Gasteiger partial charge in [-0.2, -0.15) is 0 Å². The van der Waals surface area contributed by atoms with E-state index in [1.165, 1.54) is 18.2 Å². The third-order valence-corrected chi connectivity index (χ3v) is 6.33. The Bertz CT molecular complexity index is 1130. The van der Waals surface area contributed by atoms with Gasteiger partial charge in [0.2, 0.25) is 10.0 Å². The molecule has 0 saturated carbocycles. The number of hydrogen-bond acceptors (Lipinski definition) is 3. The summed E-state index contributed by atoms with van der Waals surface area (Å²) >= 11 is 0. The number of aryl methyl sites for hydroxylation is 1. The average Bonchev–Trinajstić information content (AvgIpc) is 2.95. The van der Waals surface area contributed by atoms with Crippen molar-refractivity contribution in [2.24, 2.45) is 0 Å². The molecular weight excluding hydrogens is 417 g/mol. The summed E-state index contributed by atoms with van der Waals surface area (Å²) < 4.78 is 69.1. The lowest BCUT2D eigenvalue weighted by molar-refractivity contribution is -0.274. The van der Waals surface area contributed by atoms with Gasteiger partial charge in [0.1, 0.15) is 5.75 Å². The quantitative estimate of drug-likeness (QED) is 0.542. The van der Waals surface area contributed by atoms with Gasteiger partial charge in [-0.1, -0.05) is 26.0 Å². The maximum Gasteiger partial charge on any atom is 0.573 e. The van der Waals surface area contributed by atoms with Crippen LogP contribution in [-0.4, -0.2) is 26.3 Å². The summed E-state index contributed by atoms with van der Waals surface area (Å²) in [5, 5.41) is 0.565. The molecule has 2 aromatic carbocycles. The summed E-state index contributed by atoms with van der Waals surface area (Å²) in [5.74, 6) is -0.0214. The third kappa shape index (κ3) is 5.14. The Morgan fingerprint density at radius 3 is 2.37 bits per heavy atom. The molecule has 0 amide bonds. The SMILES string of the molecule is Cc1[nH]c2ccc(OC(F)(F)F)cc2c1CCNS(=O)(=O)c1ccc(C(C)C)cc1. The Balaban J connectivity index is 1.74. The fourth-order valence-corrected chi connectivity index (χ4v) is 4.34. The van der Waals surface area contributed by atoms with Gasteiger partial charge in [-0.05, 0) is 60.7 Å². The molecule has 0 bridgehead atoms. The van der Waals surface area contributed by atoms with Gasteiger partial charge in [0.15, 0.2) is 0 Å². The van der Waals surface area contributed by atoms with Gasteiger partial charge in [-0.3, -0.25) is 0 Å². The molecule has 30 heavy (non-hydrogen) atoms. The monoisotopic (exact) mass is 440 g/mol. The third-order valence-electron chi connectivity index (χ3n) is 4.85. The molecule has 2 N–H and O–H groups in total. The van der Waals surface area contributed by atoms with Crippen LogP contribution in [0.1, 0.15) is 36.6 Å². The van der Waals surface area contributed by atoms with Gasteiger partial charge < -0.3 is 9.72 Å². The Morgan fingerprint density at radius 2 is 1.77 bits per heavy atom. The van der Waals surface area contributed by atoms with Crippen LogP contribution < -0.4 is 9.46 Å². The molecule has 0 fully saturated rings. The molecule has 0 aliphatic rings. The lowest BCUT2D eigenvalue weighted by Gasteiger charge is -2.10. The van der Waals surface area contributed by atoms with Crippen molar-refractivity contribution in [3.05, 3.63) is 59.3 Å². The van der Waals surface area contributed by atoms with E-state index in [0.717, 1.165) is 16.8 Å².